The van der Waals surface area contributed by atoms with Gasteiger partial charge >= 0.3 is 5.97 Å². The lowest BCUT2D eigenvalue weighted by Gasteiger charge is -2.04. The van der Waals surface area contributed by atoms with Crippen LogP contribution in [0.5, 0.6) is 0 Å². The third-order valence-electron chi connectivity index (χ3n) is 2.76. The Morgan fingerprint density at radius 2 is 2.50 bits per heavy atom. The van der Waals surface area contributed by atoms with Crippen molar-refractivity contribution in [3.63, 3.8) is 0 Å². The van der Waals surface area contributed by atoms with Crippen LogP contribution in [-0.4, -0.2) is 28.2 Å². The summed E-state index contributed by atoms with van der Waals surface area (Å²) in [4.78, 5) is 10.7. The molecule has 2 N–H and O–H groups in total. The van der Waals surface area contributed by atoms with Gasteiger partial charge in [0, 0.05) is 26.0 Å². The van der Waals surface area contributed by atoms with Crippen molar-refractivity contribution in [1.29, 1.82) is 0 Å². The fraction of sp³-hybridized carbons (Fsp3) is 0.500. The maximum Gasteiger partial charge on any atom is 0.320 e. The van der Waals surface area contributed by atoms with Crippen molar-refractivity contribution < 1.29 is 9.90 Å². The Kier molecular flexibility index (Phi) is 2.29. The first-order chi connectivity index (χ1) is 6.66. The van der Waals surface area contributed by atoms with Crippen molar-refractivity contribution in [1.82, 2.24) is 9.88 Å². The van der Waals surface area contributed by atoms with Gasteiger partial charge < -0.3 is 15.0 Å². The number of nitrogens with zero attached hydrogens (tertiary/aromatic N) is 1. The lowest BCUT2D eigenvalue weighted by atomic mass is 9.99. The van der Waals surface area contributed by atoms with Crippen LogP contribution in [-0.2, 0) is 11.8 Å². The first-order valence-corrected chi connectivity index (χ1v) is 4.75. The van der Waals surface area contributed by atoms with Crippen LogP contribution < -0.4 is 5.32 Å². The summed E-state index contributed by atoms with van der Waals surface area (Å²) in [7, 11) is 1.97. The molecule has 0 radical (unpaired) electrons. The van der Waals surface area contributed by atoms with E-state index < -0.39 is 5.97 Å². The molecule has 0 amide bonds. The van der Waals surface area contributed by atoms with Crippen LogP contribution in [0.2, 0.25) is 0 Å². The van der Waals surface area contributed by atoms with Crippen molar-refractivity contribution in [2.45, 2.75) is 18.4 Å². The number of hydrogen-bond donors (Lipinski definition) is 2. The van der Waals surface area contributed by atoms with Gasteiger partial charge in [-0.05, 0) is 24.0 Å². The molecule has 0 bridgehead atoms. The molecule has 1 saturated heterocycles. The SMILES string of the molecule is Cn1ccc(C2CNC(C(=O)O)C2)c1. The van der Waals surface area contributed by atoms with Crippen LogP contribution in [0.25, 0.3) is 0 Å². The predicted octanol–water partition coefficient (Wildman–Crippen LogP) is 0.555. The summed E-state index contributed by atoms with van der Waals surface area (Å²) in [5.41, 5.74) is 1.23. The van der Waals surface area contributed by atoms with Gasteiger partial charge in [-0.25, -0.2) is 0 Å². The summed E-state index contributed by atoms with van der Waals surface area (Å²) in [6.07, 6.45) is 4.74. The second-order valence-electron chi connectivity index (χ2n) is 3.84. The molecule has 76 valence electrons. The maximum absolute atomic E-state index is 10.7. The van der Waals surface area contributed by atoms with Gasteiger partial charge in [-0.15, -0.1) is 0 Å². The van der Waals surface area contributed by atoms with Crippen LogP contribution in [0, 0.1) is 0 Å². The standard InChI is InChI=1S/C10H14N2O2/c1-12-3-2-7(6-12)8-4-9(10(13)14)11-5-8/h2-3,6,8-9,11H,4-5H2,1H3,(H,13,14). The molecule has 4 nitrogen and oxygen atoms in total. The van der Waals surface area contributed by atoms with Crippen LogP contribution >= 0.6 is 0 Å². The first kappa shape index (κ1) is 9.27. The third kappa shape index (κ3) is 1.65. The molecule has 14 heavy (non-hydrogen) atoms. The minimum atomic E-state index is -0.747. The minimum Gasteiger partial charge on any atom is -0.480 e. The normalized spacial score (nSPS) is 26.6. The number of nitrogens with one attached hydrogen (secondary N) is 1. The van der Waals surface area contributed by atoms with Gasteiger partial charge in [0.15, 0.2) is 0 Å². The third-order valence-corrected chi connectivity index (χ3v) is 2.76. The number of hydrogen-bond acceptors (Lipinski definition) is 2. The van der Waals surface area contributed by atoms with E-state index in [1.807, 2.05) is 17.8 Å². The highest BCUT2D eigenvalue weighted by atomic mass is 16.4. The topological polar surface area (TPSA) is 54.3 Å². The number of aliphatic carboxylic acids is 1. The van der Waals surface area contributed by atoms with E-state index in [0.717, 1.165) is 6.54 Å². The molecular formula is C10H14N2O2. The highest BCUT2D eigenvalue weighted by Gasteiger charge is 2.30. The minimum absolute atomic E-state index is 0.345. The second kappa shape index (κ2) is 3.46. The quantitative estimate of drug-likeness (QED) is 0.723. The molecule has 1 aromatic heterocycles. The van der Waals surface area contributed by atoms with Crippen LogP contribution in [0.15, 0.2) is 18.5 Å². The maximum atomic E-state index is 10.7. The Morgan fingerprint density at radius 3 is 3.00 bits per heavy atom. The molecule has 0 aromatic carbocycles. The molecule has 0 spiro atoms. The summed E-state index contributed by atoms with van der Waals surface area (Å²) in [6.45, 7) is 0.765. The molecule has 1 aliphatic heterocycles. The van der Waals surface area contributed by atoms with Gasteiger partial charge in [-0.3, -0.25) is 4.79 Å². The molecule has 1 fully saturated rings. The van der Waals surface area contributed by atoms with Crippen molar-refractivity contribution in [3.8, 4) is 0 Å². The van der Waals surface area contributed by atoms with Crippen molar-refractivity contribution in [2.24, 2.45) is 7.05 Å². The van der Waals surface area contributed by atoms with Gasteiger partial charge in [0.2, 0.25) is 0 Å². The van der Waals surface area contributed by atoms with Crippen molar-refractivity contribution in [3.05, 3.63) is 24.0 Å². The Balaban J connectivity index is 2.05. The van der Waals surface area contributed by atoms with Gasteiger partial charge in [0.1, 0.15) is 6.04 Å². The zero-order valence-corrected chi connectivity index (χ0v) is 8.10. The monoisotopic (exact) mass is 194 g/mol. The summed E-state index contributed by atoms with van der Waals surface area (Å²) in [6, 6.07) is 1.68. The van der Waals surface area contributed by atoms with Crippen LogP contribution in [0.1, 0.15) is 17.9 Å². The van der Waals surface area contributed by atoms with Crippen molar-refractivity contribution >= 4 is 5.97 Å². The van der Waals surface area contributed by atoms with Crippen molar-refractivity contribution in [2.75, 3.05) is 6.54 Å². The fourth-order valence-electron chi connectivity index (χ4n) is 1.94. The molecule has 4 heteroatoms. The number of carboxylic acids is 1. The van der Waals surface area contributed by atoms with Crippen LogP contribution in [0.3, 0.4) is 0 Å². The molecule has 2 rings (SSSR count). The lowest BCUT2D eigenvalue weighted by Crippen LogP contribution is -2.29. The van der Waals surface area contributed by atoms with Crippen LogP contribution in [0.4, 0.5) is 0 Å². The smallest absolute Gasteiger partial charge is 0.320 e. The highest BCUT2D eigenvalue weighted by molar-refractivity contribution is 5.74. The zero-order chi connectivity index (χ0) is 10.1. The molecular weight excluding hydrogens is 180 g/mol. The summed E-state index contributed by atoms with van der Waals surface area (Å²) < 4.78 is 1.99. The molecule has 1 aliphatic rings. The Labute approximate surface area is 82.5 Å². The average molecular weight is 194 g/mol. The zero-order valence-electron chi connectivity index (χ0n) is 8.10. The van der Waals surface area contributed by atoms with Gasteiger partial charge in [-0.1, -0.05) is 0 Å². The number of rotatable bonds is 2. The number of aryl methyl sites for hydroxylation is 1. The van der Waals surface area contributed by atoms with E-state index in [1.165, 1.54) is 5.56 Å². The molecule has 2 atom stereocenters. The average Bonchev–Trinajstić information content (AvgIpc) is 2.70. The highest BCUT2D eigenvalue weighted by Crippen LogP contribution is 2.25. The van der Waals surface area contributed by atoms with E-state index in [4.69, 9.17) is 5.11 Å². The van der Waals surface area contributed by atoms with E-state index in [0.29, 0.717) is 12.3 Å². The van der Waals surface area contributed by atoms with Gasteiger partial charge in [-0.2, -0.15) is 0 Å². The number of carboxylic acid groups (broad SMARTS) is 1. The summed E-state index contributed by atoms with van der Waals surface area (Å²) in [5.74, 6) is -0.402. The lowest BCUT2D eigenvalue weighted by molar-refractivity contribution is -0.139. The fourth-order valence-corrected chi connectivity index (χ4v) is 1.94. The molecule has 1 aromatic rings. The predicted molar refractivity (Wildman–Crippen MR) is 52.2 cm³/mol. The Bertz CT molecular complexity index is 346. The van der Waals surface area contributed by atoms with E-state index in [1.54, 1.807) is 0 Å². The second-order valence-corrected chi connectivity index (χ2v) is 3.84. The summed E-state index contributed by atoms with van der Waals surface area (Å²) >= 11 is 0. The van der Waals surface area contributed by atoms with E-state index in [9.17, 15) is 4.79 Å². The van der Waals surface area contributed by atoms with E-state index in [-0.39, 0.29) is 6.04 Å². The number of carbonyl (C=O) groups is 1. The van der Waals surface area contributed by atoms with E-state index >= 15 is 0 Å². The first-order valence-electron chi connectivity index (χ1n) is 4.75. The molecule has 0 aliphatic carbocycles. The molecule has 0 saturated carbocycles. The Hall–Kier alpha value is -1.29. The number of aromatic nitrogens is 1. The summed E-state index contributed by atoms with van der Waals surface area (Å²) in [5, 5.41) is 11.8. The molecule has 2 unspecified atom stereocenters. The van der Waals surface area contributed by atoms with Gasteiger partial charge in [0.05, 0.1) is 0 Å². The van der Waals surface area contributed by atoms with E-state index in [2.05, 4.69) is 17.6 Å². The largest absolute Gasteiger partial charge is 0.480 e. The Morgan fingerprint density at radius 1 is 1.71 bits per heavy atom. The van der Waals surface area contributed by atoms with Gasteiger partial charge in [0.25, 0.3) is 0 Å². The molecule has 2 heterocycles.